The van der Waals surface area contributed by atoms with Gasteiger partial charge in [0.25, 0.3) is 5.91 Å². The van der Waals surface area contributed by atoms with Crippen molar-refractivity contribution < 1.29 is 13.9 Å². The van der Waals surface area contributed by atoms with Crippen molar-refractivity contribution in [3.05, 3.63) is 64.9 Å². The van der Waals surface area contributed by atoms with Crippen LogP contribution in [0.3, 0.4) is 0 Å². The van der Waals surface area contributed by atoms with E-state index in [-0.39, 0.29) is 17.7 Å². The van der Waals surface area contributed by atoms with Gasteiger partial charge in [0.15, 0.2) is 17.1 Å². The molecule has 0 aliphatic heterocycles. The Morgan fingerprint density at radius 3 is 2.67 bits per heavy atom. The van der Waals surface area contributed by atoms with Crippen molar-refractivity contribution in [1.82, 2.24) is 5.32 Å². The van der Waals surface area contributed by atoms with Crippen LogP contribution < -0.4 is 10.1 Å². The van der Waals surface area contributed by atoms with Crippen LogP contribution in [0.1, 0.15) is 40.2 Å². The average molecular weight is 323 g/mol. The topological polar surface area (TPSA) is 51.5 Å². The molecular weight excluding hydrogens is 302 g/mol. The second kappa shape index (κ2) is 6.40. The van der Waals surface area contributed by atoms with E-state index in [1.54, 1.807) is 13.2 Å². The highest BCUT2D eigenvalue weighted by molar-refractivity contribution is 5.97. The van der Waals surface area contributed by atoms with Gasteiger partial charge in [-0.2, -0.15) is 0 Å². The first kappa shape index (κ1) is 16.1. The number of hydrogen-bond acceptors (Lipinski definition) is 3. The molecule has 24 heavy (non-hydrogen) atoms. The maximum absolute atomic E-state index is 12.5. The van der Waals surface area contributed by atoms with E-state index in [0.717, 1.165) is 16.5 Å². The van der Waals surface area contributed by atoms with E-state index < -0.39 is 0 Å². The zero-order valence-electron chi connectivity index (χ0n) is 14.3. The Kier molecular flexibility index (Phi) is 4.30. The molecule has 0 aliphatic carbocycles. The summed E-state index contributed by atoms with van der Waals surface area (Å²) in [5.41, 5.74) is 4.06. The first-order valence-corrected chi connectivity index (χ1v) is 7.94. The van der Waals surface area contributed by atoms with Crippen LogP contribution in [0, 0.1) is 13.8 Å². The fourth-order valence-electron chi connectivity index (χ4n) is 2.97. The van der Waals surface area contributed by atoms with Crippen LogP contribution in [0.4, 0.5) is 0 Å². The Hall–Kier alpha value is -2.75. The zero-order chi connectivity index (χ0) is 17.3. The van der Waals surface area contributed by atoms with Crippen molar-refractivity contribution in [2.45, 2.75) is 26.8 Å². The maximum atomic E-state index is 12.5. The third-order valence-corrected chi connectivity index (χ3v) is 4.19. The van der Waals surface area contributed by atoms with Gasteiger partial charge >= 0.3 is 0 Å². The highest BCUT2D eigenvalue weighted by Gasteiger charge is 2.18. The van der Waals surface area contributed by atoms with Gasteiger partial charge in [-0.05, 0) is 44.0 Å². The number of carbonyl (C=O) groups is 1. The minimum absolute atomic E-state index is 0.104. The number of furan rings is 1. The van der Waals surface area contributed by atoms with Crippen molar-refractivity contribution in [2.24, 2.45) is 0 Å². The van der Waals surface area contributed by atoms with Crippen LogP contribution in [0.15, 0.2) is 46.9 Å². The number of fused-ring (bicyclic) bond motifs is 1. The Morgan fingerprint density at radius 1 is 1.17 bits per heavy atom. The van der Waals surface area contributed by atoms with Gasteiger partial charge in [0.2, 0.25) is 0 Å². The molecule has 4 nitrogen and oxygen atoms in total. The molecule has 0 aliphatic rings. The van der Waals surface area contributed by atoms with Crippen molar-refractivity contribution in [1.29, 1.82) is 0 Å². The van der Waals surface area contributed by atoms with Crippen molar-refractivity contribution in [3.8, 4) is 5.75 Å². The van der Waals surface area contributed by atoms with Crippen molar-refractivity contribution >= 4 is 16.9 Å². The Morgan fingerprint density at radius 2 is 1.96 bits per heavy atom. The van der Waals surface area contributed by atoms with E-state index in [0.29, 0.717) is 11.3 Å². The quantitative estimate of drug-likeness (QED) is 0.766. The number of nitrogens with one attached hydrogen (secondary N) is 1. The SMILES string of the molecule is COc1cccc2cc(C(=O)N[C@@H](C)c3ccc(C)cc3C)oc12. The largest absolute Gasteiger partial charge is 0.493 e. The fraction of sp³-hybridized carbons (Fsp3) is 0.250. The molecule has 2 aromatic carbocycles. The third-order valence-electron chi connectivity index (χ3n) is 4.19. The minimum atomic E-state index is -0.235. The smallest absolute Gasteiger partial charge is 0.287 e. The molecule has 1 amide bonds. The predicted molar refractivity (Wildman–Crippen MR) is 94.6 cm³/mol. The number of methoxy groups -OCH3 is 1. The lowest BCUT2D eigenvalue weighted by Gasteiger charge is -2.16. The molecule has 3 aromatic rings. The molecule has 1 aromatic heterocycles. The predicted octanol–water partition coefficient (Wildman–Crippen LogP) is 4.55. The monoisotopic (exact) mass is 323 g/mol. The Labute approximate surface area is 141 Å². The molecule has 0 bridgehead atoms. The number of para-hydroxylation sites is 1. The van der Waals surface area contributed by atoms with Gasteiger partial charge in [-0.1, -0.05) is 35.9 Å². The van der Waals surface area contributed by atoms with Crippen LogP contribution in [-0.2, 0) is 0 Å². The number of ether oxygens (including phenoxy) is 1. The molecule has 1 N–H and O–H groups in total. The maximum Gasteiger partial charge on any atom is 0.287 e. The van der Waals surface area contributed by atoms with Crippen LogP contribution in [-0.4, -0.2) is 13.0 Å². The first-order chi connectivity index (χ1) is 11.5. The summed E-state index contributed by atoms with van der Waals surface area (Å²) in [5, 5.41) is 3.84. The molecule has 3 rings (SSSR count). The zero-order valence-corrected chi connectivity index (χ0v) is 14.3. The normalized spacial score (nSPS) is 12.2. The molecule has 1 atom stereocenters. The molecule has 0 unspecified atom stereocenters. The summed E-state index contributed by atoms with van der Waals surface area (Å²) in [5.74, 6) is 0.667. The fourth-order valence-corrected chi connectivity index (χ4v) is 2.97. The molecule has 0 radical (unpaired) electrons. The summed E-state index contributed by atoms with van der Waals surface area (Å²) in [7, 11) is 1.58. The van der Waals surface area contributed by atoms with E-state index in [4.69, 9.17) is 9.15 Å². The van der Waals surface area contributed by atoms with Crippen molar-refractivity contribution in [3.63, 3.8) is 0 Å². The molecule has 0 fully saturated rings. The number of hydrogen-bond donors (Lipinski definition) is 1. The van der Waals surface area contributed by atoms with E-state index >= 15 is 0 Å². The van der Waals surface area contributed by atoms with Gasteiger partial charge in [-0.3, -0.25) is 4.79 Å². The standard InChI is InChI=1S/C20H21NO3/c1-12-8-9-16(13(2)10-12)14(3)21-20(22)18-11-15-6-5-7-17(23-4)19(15)24-18/h5-11,14H,1-4H3,(H,21,22)/t14-/m0/s1. The van der Waals surface area contributed by atoms with Crippen molar-refractivity contribution in [2.75, 3.05) is 7.11 Å². The third kappa shape index (κ3) is 3.00. The Balaban J connectivity index is 1.84. The lowest BCUT2D eigenvalue weighted by Crippen LogP contribution is -2.26. The van der Waals surface area contributed by atoms with E-state index in [1.165, 1.54) is 5.56 Å². The summed E-state index contributed by atoms with van der Waals surface area (Å²) in [6.45, 7) is 6.08. The molecule has 0 spiro atoms. The molecule has 0 saturated carbocycles. The van der Waals surface area contributed by atoms with E-state index in [2.05, 4.69) is 37.4 Å². The molecular formula is C20H21NO3. The summed E-state index contributed by atoms with van der Waals surface area (Å²) in [6, 6.07) is 13.4. The van der Waals surface area contributed by atoms with Crippen LogP contribution in [0.5, 0.6) is 5.75 Å². The second-order valence-corrected chi connectivity index (χ2v) is 6.04. The van der Waals surface area contributed by atoms with Crippen LogP contribution >= 0.6 is 0 Å². The first-order valence-electron chi connectivity index (χ1n) is 7.94. The molecule has 124 valence electrons. The number of rotatable bonds is 4. The summed E-state index contributed by atoms with van der Waals surface area (Å²) in [6.07, 6.45) is 0. The van der Waals surface area contributed by atoms with Gasteiger partial charge in [-0.25, -0.2) is 0 Å². The van der Waals surface area contributed by atoms with E-state index in [1.807, 2.05) is 25.1 Å². The lowest BCUT2D eigenvalue weighted by atomic mass is 10.0. The molecule has 1 heterocycles. The second-order valence-electron chi connectivity index (χ2n) is 6.04. The molecule has 4 heteroatoms. The lowest BCUT2D eigenvalue weighted by molar-refractivity contribution is 0.0914. The number of carbonyl (C=O) groups excluding carboxylic acids is 1. The van der Waals surface area contributed by atoms with Gasteiger partial charge in [0.05, 0.1) is 13.2 Å². The highest BCUT2D eigenvalue weighted by Crippen LogP contribution is 2.28. The summed E-state index contributed by atoms with van der Waals surface area (Å²) >= 11 is 0. The number of aryl methyl sites for hydroxylation is 2. The van der Waals surface area contributed by atoms with E-state index in [9.17, 15) is 4.79 Å². The number of amides is 1. The van der Waals surface area contributed by atoms with Gasteiger partial charge in [0.1, 0.15) is 0 Å². The highest BCUT2D eigenvalue weighted by atomic mass is 16.5. The number of benzene rings is 2. The minimum Gasteiger partial charge on any atom is -0.493 e. The summed E-state index contributed by atoms with van der Waals surface area (Å²) < 4.78 is 11.0. The summed E-state index contributed by atoms with van der Waals surface area (Å²) in [4.78, 5) is 12.5. The molecule has 0 saturated heterocycles. The Bertz CT molecular complexity index is 895. The average Bonchev–Trinajstić information content (AvgIpc) is 2.98. The van der Waals surface area contributed by atoms with Gasteiger partial charge < -0.3 is 14.5 Å². The van der Waals surface area contributed by atoms with Crippen LogP contribution in [0.2, 0.25) is 0 Å². The van der Waals surface area contributed by atoms with Gasteiger partial charge in [-0.15, -0.1) is 0 Å². The van der Waals surface area contributed by atoms with Crippen LogP contribution in [0.25, 0.3) is 11.0 Å². The van der Waals surface area contributed by atoms with Gasteiger partial charge in [0, 0.05) is 5.39 Å².